The first-order valence-corrected chi connectivity index (χ1v) is 9.57. The molecule has 1 aromatic rings. The number of nitro groups is 1. The van der Waals surface area contributed by atoms with Crippen LogP contribution in [0, 0.1) is 10.1 Å². The van der Waals surface area contributed by atoms with E-state index in [4.69, 9.17) is 0 Å². The van der Waals surface area contributed by atoms with Gasteiger partial charge in [0.25, 0.3) is 5.69 Å². The molecule has 2 unspecified atom stereocenters. The molecule has 0 saturated carbocycles. The lowest BCUT2D eigenvalue weighted by Gasteiger charge is -2.32. The smallest absolute Gasteiger partial charge is 0.269 e. The van der Waals surface area contributed by atoms with Crippen LogP contribution < -0.4 is 5.32 Å². The number of benzene rings is 1. The molecule has 2 fully saturated rings. The topological polar surface area (TPSA) is 78.7 Å². The summed E-state index contributed by atoms with van der Waals surface area (Å²) in [4.78, 5) is 28.3. The number of nitrogens with one attached hydrogen (secondary N) is 1. The van der Waals surface area contributed by atoms with Crippen molar-refractivity contribution >= 4 is 35.8 Å². The second-order valence-corrected chi connectivity index (χ2v) is 7.94. The fourth-order valence-corrected chi connectivity index (χ4v) is 4.40. The molecular weight excluding hydrogens is 376 g/mol. The molecule has 26 heavy (non-hydrogen) atoms. The number of hydrogen-bond donors (Lipinski definition) is 1. The van der Waals surface area contributed by atoms with Crippen molar-refractivity contribution < 1.29 is 9.72 Å². The number of nitrogens with zero attached hydrogens (tertiary/aromatic N) is 3. The van der Waals surface area contributed by atoms with E-state index in [0.717, 1.165) is 50.6 Å². The normalized spacial score (nSPS) is 21.9. The Morgan fingerprint density at radius 3 is 2.54 bits per heavy atom. The maximum Gasteiger partial charge on any atom is 0.269 e. The largest absolute Gasteiger partial charge is 0.340 e. The van der Waals surface area contributed by atoms with E-state index in [0.29, 0.717) is 6.04 Å². The molecule has 2 aliphatic rings. The molecule has 2 heterocycles. The highest BCUT2D eigenvalue weighted by Gasteiger charge is 2.32. The van der Waals surface area contributed by atoms with Gasteiger partial charge in [-0.3, -0.25) is 19.8 Å². The summed E-state index contributed by atoms with van der Waals surface area (Å²) in [7, 11) is 0. The van der Waals surface area contributed by atoms with Crippen LogP contribution in [0.3, 0.4) is 0 Å². The Bertz CT molecular complexity index is 625. The van der Waals surface area contributed by atoms with Crippen molar-refractivity contribution in [2.45, 2.75) is 29.5 Å². The number of carbonyl (C=O) groups excluding carboxylic acids is 1. The van der Waals surface area contributed by atoms with Crippen LogP contribution in [0.5, 0.6) is 0 Å². The number of rotatable bonds is 5. The third kappa shape index (κ3) is 5.09. The Labute approximate surface area is 164 Å². The standard InChI is InChI=1S/C17H24N4O3S.ClH/c1-13(25-16-4-2-14(3-5-16)21(23)24)17(22)20-9-6-15(12-20)19-10-7-18-8-11-19;/h2-5,13,15,18H,6-12H2,1H3;1H. The summed E-state index contributed by atoms with van der Waals surface area (Å²) in [6, 6.07) is 6.86. The SMILES string of the molecule is CC(Sc1ccc([N+](=O)[O-])cc1)C(=O)N1CCC(N2CCNCC2)C1.Cl. The average molecular weight is 401 g/mol. The van der Waals surface area contributed by atoms with E-state index in [1.54, 1.807) is 12.1 Å². The van der Waals surface area contributed by atoms with E-state index in [2.05, 4.69) is 10.2 Å². The molecule has 1 N–H and O–H groups in total. The summed E-state index contributed by atoms with van der Waals surface area (Å²) in [5.74, 6) is 0.154. The first-order valence-electron chi connectivity index (χ1n) is 8.69. The summed E-state index contributed by atoms with van der Waals surface area (Å²) in [5, 5.41) is 13.9. The predicted molar refractivity (Wildman–Crippen MR) is 105 cm³/mol. The molecule has 3 rings (SSSR count). The fourth-order valence-electron chi connectivity index (χ4n) is 3.45. The van der Waals surface area contributed by atoms with E-state index < -0.39 is 4.92 Å². The fraction of sp³-hybridized carbons (Fsp3) is 0.588. The van der Waals surface area contributed by atoms with Crippen molar-refractivity contribution in [3.05, 3.63) is 34.4 Å². The van der Waals surface area contributed by atoms with Gasteiger partial charge in [-0.2, -0.15) is 0 Å². The maximum atomic E-state index is 12.7. The number of non-ortho nitro benzene ring substituents is 1. The monoisotopic (exact) mass is 400 g/mol. The van der Waals surface area contributed by atoms with Crippen LogP contribution in [0.4, 0.5) is 5.69 Å². The van der Waals surface area contributed by atoms with Crippen molar-refractivity contribution in [1.82, 2.24) is 15.1 Å². The molecule has 1 amide bonds. The van der Waals surface area contributed by atoms with E-state index in [1.165, 1.54) is 23.9 Å². The highest BCUT2D eigenvalue weighted by atomic mass is 35.5. The maximum absolute atomic E-state index is 12.7. The van der Waals surface area contributed by atoms with Gasteiger partial charge >= 0.3 is 0 Å². The third-order valence-corrected chi connectivity index (χ3v) is 5.95. The van der Waals surface area contributed by atoms with Crippen LogP contribution in [-0.2, 0) is 4.79 Å². The molecule has 144 valence electrons. The van der Waals surface area contributed by atoms with Gasteiger partial charge in [0.15, 0.2) is 0 Å². The van der Waals surface area contributed by atoms with Crippen molar-refractivity contribution in [3.8, 4) is 0 Å². The van der Waals surface area contributed by atoms with Gasteiger partial charge in [0.2, 0.25) is 5.91 Å². The number of hydrogen-bond acceptors (Lipinski definition) is 6. The lowest BCUT2D eigenvalue weighted by Crippen LogP contribution is -2.49. The van der Waals surface area contributed by atoms with Gasteiger partial charge in [-0.25, -0.2) is 0 Å². The van der Waals surface area contributed by atoms with E-state index in [-0.39, 0.29) is 29.3 Å². The molecule has 0 aromatic heterocycles. The van der Waals surface area contributed by atoms with Gasteiger partial charge in [-0.05, 0) is 25.5 Å². The zero-order valence-electron chi connectivity index (χ0n) is 14.8. The molecule has 7 nitrogen and oxygen atoms in total. The van der Waals surface area contributed by atoms with Crippen LogP contribution in [0.1, 0.15) is 13.3 Å². The lowest BCUT2D eigenvalue weighted by molar-refractivity contribution is -0.384. The predicted octanol–water partition coefficient (Wildman–Crippen LogP) is 2.00. The molecule has 9 heteroatoms. The summed E-state index contributed by atoms with van der Waals surface area (Å²) < 4.78 is 0. The van der Waals surface area contributed by atoms with Gasteiger partial charge in [0.1, 0.15) is 0 Å². The van der Waals surface area contributed by atoms with Crippen molar-refractivity contribution in [3.63, 3.8) is 0 Å². The zero-order chi connectivity index (χ0) is 17.8. The minimum atomic E-state index is -0.413. The molecule has 1 aromatic carbocycles. The van der Waals surface area contributed by atoms with Crippen LogP contribution in [0.15, 0.2) is 29.2 Å². The van der Waals surface area contributed by atoms with E-state index in [1.807, 2.05) is 11.8 Å². The van der Waals surface area contributed by atoms with E-state index >= 15 is 0 Å². The van der Waals surface area contributed by atoms with Crippen molar-refractivity contribution in [2.24, 2.45) is 0 Å². The van der Waals surface area contributed by atoms with Crippen molar-refractivity contribution in [2.75, 3.05) is 39.3 Å². The minimum absolute atomic E-state index is 0. The molecule has 0 aliphatic carbocycles. The number of carbonyl (C=O) groups is 1. The highest BCUT2D eigenvalue weighted by Crippen LogP contribution is 2.28. The Balaban J connectivity index is 0.00000243. The number of piperazine rings is 1. The number of thioether (sulfide) groups is 1. The lowest BCUT2D eigenvalue weighted by atomic mass is 10.2. The first-order chi connectivity index (χ1) is 12.0. The van der Waals surface area contributed by atoms with Gasteiger partial charge in [-0.1, -0.05) is 0 Å². The summed E-state index contributed by atoms with van der Waals surface area (Å²) in [5.41, 5.74) is 0.0711. The molecule has 0 radical (unpaired) electrons. The summed E-state index contributed by atoms with van der Waals surface area (Å²) in [6.45, 7) is 7.70. The average Bonchev–Trinajstić information content (AvgIpc) is 3.12. The third-order valence-electron chi connectivity index (χ3n) is 4.85. The quantitative estimate of drug-likeness (QED) is 0.462. The van der Waals surface area contributed by atoms with Crippen LogP contribution in [0.25, 0.3) is 0 Å². The number of halogens is 1. The molecule has 2 aliphatic heterocycles. The van der Waals surface area contributed by atoms with Gasteiger partial charge < -0.3 is 10.2 Å². The molecule has 2 saturated heterocycles. The Hall–Kier alpha value is -1.35. The van der Waals surface area contributed by atoms with E-state index in [9.17, 15) is 14.9 Å². The Kier molecular flexibility index (Phi) is 7.69. The second-order valence-electron chi connectivity index (χ2n) is 6.52. The minimum Gasteiger partial charge on any atom is -0.340 e. The molecule has 0 spiro atoms. The number of nitro benzene ring substituents is 1. The number of likely N-dealkylation sites (tertiary alicyclic amines) is 1. The summed E-state index contributed by atoms with van der Waals surface area (Å²) in [6.07, 6.45) is 1.04. The van der Waals surface area contributed by atoms with Gasteiger partial charge in [0, 0.05) is 62.3 Å². The van der Waals surface area contributed by atoms with Gasteiger partial charge in [-0.15, -0.1) is 24.2 Å². The number of amides is 1. The first kappa shape index (κ1) is 21.0. The molecule has 2 atom stereocenters. The molecule has 0 bridgehead atoms. The van der Waals surface area contributed by atoms with Crippen LogP contribution in [0.2, 0.25) is 0 Å². The van der Waals surface area contributed by atoms with Crippen molar-refractivity contribution in [1.29, 1.82) is 0 Å². The van der Waals surface area contributed by atoms with Gasteiger partial charge in [0.05, 0.1) is 10.2 Å². The molecular formula is C17H25ClN4O3S. The second kappa shape index (κ2) is 9.55. The highest BCUT2D eigenvalue weighted by molar-refractivity contribution is 8.00. The Morgan fingerprint density at radius 1 is 1.27 bits per heavy atom. The summed E-state index contributed by atoms with van der Waals surface area (Å²) >= 11 is 1.46. The van der Waals surface area contributed by atoms with Crippen LogP contribution >= 0.6 is 24.2 Å². The Morgan fingerprint density at radius 2 is 1.92 bits per heavy atom. The van der Waals surface area contributed by atoms with Crippen LogP contribution in [-0.4, -0.2) is 71.2 Å². The zero-order valence-corrected chi connectivity index (χ0v) is 16.4.